The van der Waals surface area contributed by atoms with Gasteiger partial charge in [-0.05, 0) is 55.2 Å². The Bertz CT molecular complexity index is 386. The van der Waals surface area contributed by atoms with Crippen molar-refractivity contribution in [2.75, 3.05) is 13.1 Å². The zero-order valence-electron chi connectivity index (χ0n) is 11.5. The van der Waals surface area contributed by atoms with Crippen LogP contribution in [-0.4, -0.2) is 13.1 Å². The first-order valence-electron chi connectivity index (χ1n) is 7.10. The Morgan fingerprint density at radius 2 is 2.06 bits per heavy atom. The van der Waals surface area contributed by atoms with Crippen molar-refractivity contribution >= 4 is 0 Å². The van der Waals surface area contributed by atoms with Crippen LogP contribution in [0, 0.1) is 17.2 Å². The van der Waals surface area contributed by atoms with E-state index in [9.17, 15) is 4.39 Å². The molecule has 1 aliphatic rings. The van der Waals surface area contributed by atoms with Crippen LogP contribution in [0.2, 0.25) is 0 Å². The molecule has 0 spiro atoms. The van der Waals surface area contributed by atoms with Gasteiger partial charge in [0.1, 0.15) is 5.82 Å². The van der Waals surface area contributed by atoms with Crippen LogP contribution in [0.3, 0.4) is 0 Å². The number of halogens is 1. The average Bonchev–Trinajstić information content (AvgIpc) is 3.17. The smallest absolute Gasteiger partial charge is 0.126 e. The van der Waals surface area contributed by atoms with Crippen molar-refractivity contribution in [3.8, 4) is 0 Å². The molecular weight excluding hydrogens is 225 g/mol. The van der Waals surface area contributed by atoms with Gasteiger partial charge >= 0.3 is 0 Å². The lowest BCUT2D eigenvalue weighted by Crippen LogP contribution is -2.36. The van der Waals surface area contributed by atoms with Crippen LogP contribution >= 0.6 is 0 Å². The molecule has 1 nitrogen and oxygen atoms in total. The molecule has 1 aromatic carbocycles. The lowest BCUT2D eigenvalue weighted by atomic mass is 9.78. The van der Waals surface area contributed by atoms with Crippen LogP contribution < -0.4 is 5.32 Å². The summed E-state index contributed by atoms with van der Waals surface area (Å²) < 4.78 is 13.8. The lowest BCUT2D eigenvalue weighted by Gasteiger charge is -2.30. The summed E-state index contributed by atoms with van der Waals surface area (Å²) in [7, 11) is 0. The van der Waals surface area contributed by atoms with E-state index in [1.807, 2.05) is 12.1 Å². The quantitative estimate of drug-likeness (QED) is 0.725. The Morgan fingerprint density at radius 1 is 1.33 bits per heavy atom. The van der Waals surface area contributed by atoms with Gasteiger partial charge in [-0.15, -0.1) is 0 Å². The Kier molecular flexibility index (Phi) is 4.39. The van der Waals surface area contributed by atoms with E-state index in [4.69, 9.17) is 0 Å². The second-order valence-corrected chi connectivity index (χ2v) is 5.87. The van der Waals surface area contributed by atoms with E-state index in [-0.39, 0.29) is 11.2 Å². The molecular formula is C16H24FN. The van der Waals surface area contributed by atoms with Crippen molar-refractivity contribution < 1.29 is 4.39 Å². The van der Waals surface area contributed by atoms with Crippen LogP contribution in [-0.2, 0) is 6.42 Å². The molecule has 1 aliphatic carbocycles. The highest BCUT2D eigenvalue weighted by Crippen LogP contribution is 2.47. The molecule has 0 amide bonds. The largest absolute Gasteiger partial charge is 0.316 e. The summed E-state index contributed by atoms with van der Waals surface area (Å²) in [5, 5.41) is 3.51. The summed E-state index contributed by atoms with van der Waals surface area (Å²) in [6.45, 7) is 6.54. The summed E-state index contributed by atoms with van der Waals surface area (Å²) in [6.07, 6.45) is 4.61. The summed E-state index contributed by atoms with van der Waals surface area (Å²) in [5.41, 5.74) is 1.07. The van der Waals surface area contributed by atoms with Crippen molar-refractivity contribution in [3.63, 3.8) is 0 Å². The highest BCUT2D eigenvalue weighted by molar-refractivity contribution is 5.20. The maximum atomic E-state index is 13.8. The monoisotopic (exact) mass is 249 g/mol. The summed E-state index contributed by atoms with van der Waals surface area (Å²) in [4.78, 5) is 0. The normalized spacial score (nSPS) is 18.6. The third-order valence-electron chi connectivity index (χ3n) is 4.07. The fourth-order valence-corrected chi connectivity index (χ4v) is 2.76. The van der Waals surface area contributed by atoms with Crippen LogP contribution in [0.25, 0.3) is 0 Å². The molecule has 18 heavy (non-hydrogen) atoms. The second-order valence-electron chi connectivity index (χ2n) is 5.87. The van der Waals surface area contributed by atoms with Crippen molar-refractivity contribution in [2.45, 2.75) is 39.5 Å². The van der Waals surface area contributed by atoms with Crippen molar-refractivity contribution in [1.29, 1.82) is 0 Å². The summed E-state index contributed by atoms with van der Waals surface area (Å²) in [6, 6.07) is 7.20. The summed E-state index contributed by atoms with van der Waals surface area (Å²) >= 11 is 0. The lowest BCUT2D eigenvalue weighted by molar-refractivity contribution is 0.253. The van der Waals surface area contributed by atoms with Gasteiger partial charge in [-0.25, -0.2) is 4.39 Å². The standard InChI is InChI=1S/C16H24FN/c1-3-10-18-12-16(2,14-8-9-14)11-13-6-4-5-7-15(13)17/h4-7,14,18H,3,8-12H2,1-2H3. The highest BCUT2D eigenvalue weighted by Gasteiger charge is 2.41. The SMILES string of the molecule is CCCNCC(C)(Cc1ccccc1F)C1CC1. The molecule has 1 aromatic rings. The van der Waals surface area contributed by atoms with Gasteiger partial charge in [-0.3, -0.25) is 0 Å². The molecule has 0 saturated heterocycles. The van der Waals surface area contributed by atoms with Gasteiger partial charge in [-0.1, -0.05) is 32.0 Å². The maximum absolute atomic E-state index is 13.8. The zero-order chi connectivity index (χ0) is 13.0. The first-order valence-corrected chi connectivity index (χ1v) is 7.10. The molecule has 100 valence electrons. The minimum atomic E-state index is -0.0557. The zero-order valence-corrected chi connectivity index (χ0v) is 11.5. The number of nitrogens with one attached hydrogen (secondary N) is 1. The number of benzene rings is 1. The Balaban J connectivity index is 2.03. The average molecular weight is 249 g/mol. The summed E-state index contributed by atoms with van der Waals surface area (Å²) in [5.74, 6) is 0.710. The molecule has 1 saturated carbocycles. The van der Waals surface area contributed by atoms with E-state index in [1.165, 1.54) is 12.8 Å². The number of hydrogen-bond donors (Lipinski definition) is 1. The fourth-order valence-electron chi connectivity index (χ4n) is 2.76. The van der Waals surface area contributed by atoms with Gasteiger partial charge in [0, 0.05) is 6.54 Å². The molecule has 1 N–H and O–H groups in total. The topological polar surface area (TPSA) is 12.0 Å². The van der Waals surface area contributed by atoms with Gasteiger partial charge < -0.3 is 5.32 Å². The van der Waals surface area contributed by atoms with Crippen molar-refractivity contribution in [2.24, 2.45) is 11.3 Å². The van der Waals surface area contributed by atoms with Crippen LogP contribution in [0.15, 0.2) is 24.3 Å². The minimum absolute atomic E-state index is 0.0557. The van der Waals surface area contributed by atoms with Crippen molar-refractivity contribution in [1.82, 2.24) is 5.32 Å². The first kappa shape index (κ1) is 13.5. The van der Waals surface area contributed by atoms with Crippen LogP contribution in [0.5, 0.6) is 0 Å². The number of hydrogen-bond acceptors (Lipinski definition) is 1. The molecule has 0 aliphatic heterocycles. The predicted molar refractivity (Wildman–Crippen MR) is 74.1 cm³/mol. The maximum Gasteiger partial charge on any atom is 0.126 e. The van der Waals surface area contributed by atoms with Gasteiger partial charge in [0.25, 0.3) is 0 Å². The molecule has 0 aromatic heterocycles. The van der Waals surface area contributed by atoms with Gasteiger partial charge in [0.05, 0.1) is 0 Å². The number of rotatable bonds is 7. The first-order chi connectivity index (χ1) is 8.65. The van der Waals surface area contributed by atoms with Crippen LogP contribution in [0.4, 0.5) is 4.39 Å². The van der Waals surface area contributed by atoms with E-state index in [2.05, 4.69) is 19.2 Å². The van der Waals surface area contributed by atoms with E-state index in [0.29, 0.717) is 0 Å². The van der Waals surface area contributed by atoms with E-state index >= 15 is 0 Å². The molecule has 2 rings (SSSR count). The van der Waals surface area contributed by atoms with Crippen molar-refractivity contribution in [3.05, 3.63) is 35.6 Å². The van der Waals surface area contributed by atoms with Gasteiger partial charge in [-0.2, -0.15) is 0 Å². The third-order valence-corrected chi connectivity index (χ3v) is 4.07. The second kappa shape index (κ2) is 5.83. The Labute approximate surface area is 110 Å². The van der Waals surface area contributed by atoms with E-state index < -0.39 is 0 Å². The highest BCUT2D eigenvalue weighted by atomic mass is 19.1. The Morgan fingerprint density at radius 3 is 2.67 bits per heavy atom. The van der Waals surface area contributed by atoms with Gasteiger partial charge in [0.15, 0.2) is 0 Å². The molecule has 2 heteroatoms. The van der Waals surface area contributed by atoms with E-state index in [0.717, 1.165) is 37.4 Å². The fraction of sp³-hybridized carbons (Fsp3) is 0.625. The van der Waals surface area contributed by atoms with E-state index in [1.54, 1.807) is 12.1 Å². The minimum Gasteiger partial charge on any atom is -0.316 e. The Hall–Kier alpha value is -0.890. The van der Waals surface area contributed by atoms with Crippen LogP contribution in [0.1, 0.15) is 38.7 Å². The molecule has 0 radical (unpaired) electrons. The van der Waals surface area contributed by atoms with Gasteiger partial charge in [0.2, 0.25) is 0 Å². The predicted octanol–water partition coefficient (Wildman–Crippen LogP) is 3.78. The molecule has 0 heterocycles. The molecule has 1 unspecified atom stereocenters. The molecule has 1 atom stereocenters. The molecule has 0 bridgehead atoms. The third kappa shape index (κ3) is 3.32. The molecule has 1 fully saturated rings.